The quantitative estimate of drug-likeness (QED) is 0.687. The molecule has 0 aliphatic carbocycles. The third kappa shape index (κ3) is 3.74. The molecule has 0 spiro atoms. The topological polar surface area (TPSA) is 9.23 Å². The summed E-state index contributed by atoms with van der Waals surface area (Å²) < 4.78 is 5.87. The summed E-state index contributed by atoms with van der Waals surface area (Å²) >= 11 is 5.93. The van der Waals surface area contributed by atoms with E-state index in [9.17, 15) is 0 Å². The van der Waals surface area contributed by atoms with Crippen molar-refractivity contribution in [2.45, 2.75) is 32.3 Å². The summed E-state index contributed by atoms with van der Waals surface area (Å²) in [6, 6.07) is 16.4. The normalized spacial score (nSPS) is 10.7. The van der Waals surface area contributed by atoms with E-state index in [0.717, 1.165) is 16.9 Å². The van der Waals surface area contributed by atoms with Crippen molar-refractivity contribution in [2.24, 2.45) is 0 Å². The van der Waals surface area contributed by atoms with Gasteiger partial charge in [0, 0.05) is 5.88 Å². The van der Waals surface area contributed by atoms with Crippen molar-refractivity contribution in [3.8, 4) is 5.75 Å². The summed E-state index contributed by atoms with van der Waals surface area (Å²) in [4.78, 5) is 0. The first kappa shape index (κ1) is 14.0. The standard InChI is InChI=1S/C17H19ClO/c1-13(2)14-8-5-9-17(10-14)19-12-16-7-4-3-6-15(16)11-18/h3-10,13H,11-12H2,1-2H3. The molecule has 2 rings (SSSR count). The molecule has 0 fully saturated rings. The van der Waals surface area contributed by atoms with Crippen molar-refractivity contribution < 1.29 is 4.74 Å². The lowest BCUT2D eigenvalue weighted by molar-refractivity contribution is 0.305. The molecule has 0 amide bonds. The Balaban J connectivity index is 2.08. The predicted molar refractivity (Wildman–Crippen MR) is 80.9 cm³/mol. The smallest absolute Gasteiger partial charge is 0.120 e. The molecule has 0 unspecified atom stereocenters. The molecule has 0 aromatic heterocycles. The van der Waals surface area contributed by atoms with Gasteiger partial charge in [0.05, 0.1) is 0 Å². The SMILES string of the molecule is CC(C)c1cccc(OCc2ccccc2CCl)c1. The van der Waals surface area contributed by atoms with Crippen molar-refractivity contribution in [1.29, 1.82) is 0 Å². The second-order valence-electron chi connectivity index (χ2n) is 4.92. The molecule has 100 valence electrons. The second-order valence-corrected chi connectivity index (χ2v) is 5.19. The lowest BCUT2D eigenvalue weighted by Crippen LogP contribution is -1.99. The van der Waals surface area contributed by atoms with Crippen LogP contribution in [0.4, 0.5) is 0 Å². The van der Waals surface area contributed by atoms with Crippen LogP contribution < -0.4 is 4.74 Å². The van der Waals surface area contributed by atoms with Gasteiger partial charge in [0.1, 0.15) is 12.4 Å². The Hall–Kier alpha value is -1.47. The first-order valence-electron chi connectivity index (χ1n) is 6.56. The van der Waals surface area contributed by atoms with Crippen LogP contribution in [0.2, 0.25) is 0 Å². The molecule has 0 aliphatic rings. The third-order valence-corrected chi connectivity index (χ3v) is 3.47. The van der Waals surface area contributed by atoms with Gasteiger partial charge in [0.2, 0.25) is 0 Å². The Labute approximate surface area is 120 Å². The van der Waals surface area contributed by atoms with Crippen LogP contribution in [0.1, 0.15) is 36.5 Å². The highest BCUT2D eigenvalue weighted by Crippen LogP contribution is 2.21. The highest BCUT2D eigenvalue weighted by atomic mass is 35.5. The average Bonchev–Trinajstić information content (AvgIpc) is 2.45. The maximum absolute atomic E-state index is 5.93. The van der Waals surface area contributed by atoms with Crippen LogP contribution in [0.25, 0.3) is 0 Å². The summed E-state index contributed by atoms with van der Waals surface area (Å²) in [6.45, 7) is 4.92. The molecule has 0 bridgehead atoms. The van der Waals surface area contributed by atoms with Gasteiger partial charge in [-0.1, -0.05) is 50.2 Å². The van der Waals surface area contributed by atoms with E-state index in [1.165, 1.54) is 5.56 Å². The average molecular weight is 275 g/mol. The zero-order valence-corrected chi connectivity index (χ0v) is 12.2. The molecule has 0 saturated carbocycles. The third-order valence-electron chi connectivity index (χ3n) is 3.18. The molecular formula is C17H19ClO. The zero-order valence-electron chi connectivity index (χ0n) is 11.4. The lowest BCUT2D eigenvalue weighted by Gasteiger charge is -2.11. The second kappa shape index (κ2) is 6.63. The fourth-order valence-corrected chi connectivity index (χ4v) is 2.21. The van der Waals surface area contributed by atoms with Crippen LogP contribution in [0.5, 0.6) is 5.75 Å². The molecule has 1 nitrogen and oxygen atoms in total. The first-order valence-corrected chi connectivity index (χ1v) is 7.09. The van der Waals surface area contributed by atoms with Crippen LogP contribution in [0, 0.1) is 0 Å². The monoisotopic (exact) mass is 274 g/mol. The van der Waals surface area contributed by atoms with Gasteiger partial charge >= 0.3 is 0 Å². The van der Waals surface area contributed by atoms with Gasteiger partial charge in [-0.15, -0.1) is 11.6 Å². The molecular weight excluding hydrogens is 256 g/mol. The lowest BCUT2D eigenvalue weighted by atomic mass is 10.0. The molecule has 0 radical (unpaired) electrons. The summed E-state index contributed by atoms with van der Waals surface area (Å²) in [6.07, 6.45) is 0. The van der Waals surface area contributed by atoms with Gasteiger partial charge in [-0.25, -0.2) is 0 Å². The Morgan fingerprint density at radius 2 is 1.74 bits per heavy atom. The number of rotatable bonds is 5. The van der Waals surface area contributed by atoms with Crippen LogP contribution in [-0.4, -0.2) is 0 Å². The van der Waals surface area contributed by atoms with E-state index in [1.54, 1.807) is 0 Å². The molecule has 0 aliphatic heterocycles. The fourth-order valence-electron chi connectivity index (χ4n) is 1.95. The van der Waals surface area contributed by atoms with Gasteiger partial charge in [0.15, 0.2) is 0 Å². The Kier molecular flexibility index (Phi) is 4.86. The van der Waals surface area contributed by atoms with E-state index >= 15 is 0 Å². The molecule has 2 aromatic rings. The van der Waals surface area contributed by atoms with Crippen LogP contribution in [0.3, 0.4) is 0 Å². The van der Waals surface area contributed by atoms with Crippen molar-refractivity contribution in [3.05, 3.63) is 65.2 Å². The van der Waals surface area contributed by atoms with E-state index in [4.69, 9.17) is 16.3 Å². The zero-order chi connectivity index (χ0) is 13.7. The minimum atomic E-state index is 0.513. The summed E-state index contributed by atoms with van der Waals surface area (Å²) in [5.41, 5.74) is 3.57. The van der Waals surface area contributed by atoms with E-state index in [0.29, 0.717) is 18.4 Å². The Morgan fingerprint density at radius 1 is 1.00 bits per heavy atom. The Morgan fingerprint density at radius 3 is 2.42 bits per heavy atom. The number of hydrogen-bond acceptors (Lipinski definition) is 1. The number of hydrogen-bond donors (Lipinski definition) is 0. The maximum Gasteiger partial charge on any atom is 0.120 e. The van der Waals surface area contributed by atoms with Crippen molar-refractivity contribution in [1.82, 2.24) is 0 Å². The molecule has 19 heavy (non-hydrogen) atoms. The van der Waals surface area contributed by atoms with Crippen LogP contribution >= 0.6 is 11.6 Å². The summed E-state index contributed by atoms with van der Waals surface area (Å²) in [7, 11) is 0. The van der Waals surface area contributed by atoms with Crippen molar-refractivity contribution >= 4 is 11.6 Å². The fraction of sp³-hybridized carbons (Fsp3) is 0.294. The minimum absolute atomic E-state index is 0.513. The predicted octanol–water partition coefficient (Wildman–Crippen LogP) is 5.13. The van der Waals surface area contributed by atoms with Gasteiger partial charge in [-0.05, 0) is 34.7 Å². The number of benzene rings is 2. The molecule has 0 N–H and O–H groups in total. The van der Waals surface area contributed by atoms with Gasteiger partial charge in [-0.2, -0.15) is 0 Å². The van der Waals surface area contributed by atoms with Crippen molar-refractivity contribution in [2.75, 3.05) is 0 Å². The van der Waals surface area contributed by atoms with Crippen molar-refractivity contribution in [3.63, 3.8) is 0 Å². The molecule has 2 aromatic carbocycles. The van der Waals surface area contributed by atoms with Gasteiger partial charge in [-0.3, -0.25) is 0 Å². The Bertz CT molecular complexity index is 534. The summed E-state index contributed by atoms with van der Waals surface area (Å²) in [5.74, 6) is 1.94. The largest absolute Gasteiger partial charge is 0.489 e. The van der Waals surface area contributed by atoms with Crippen LogP contribution in [-0.2, 0) is 12.5 Å². The van der Waals surface area contributed by atoms with E-state index < -0.39 is 0 Å². The number of alkyl halides is 1. The molecule has 0 heterocycles. The highest BCUT2D eigenvalue weighted by molar-refractivity contribution is 6.17. The molecule has 0 saturated heterocycles. The molecule has 2 heteroatoms. The van der Waals surface area contributed by atoms with Crippen LogP contribution in [0.15, 0.2) is 48.5 Å². The van der Waals surface area contributed by atoms with Gasteiger partial charge < -0.3 is 4.74 Å². The highest BCUT2D eigenvalue weighted by Gasteiger charge is 2.04. The van der Waals surface area contributed by atoms with E-state index in [-0.39, 0.29) is 0 Å². The number of halogens is 1. The maximum atomic E-state index is 5.93. The van der Waals surface area contributed by atoms with E-state index in [2.05, 4.69) is 32.0 Å². The minimum Gasteiger partial charge on any atom is -0.489 e. The van der Waals surface area contributed by atoms with Gasteiger partial charge in [0.25, 0.3) is 0 Å². The van der Waals surface area contributed by atoms with E-state index in [1.807, 2.05) is 30.3 Å². The molecule has 0 atom stereocenters. The first-order chi connectivity index (χ1) is 9.20. The number of ether oxygens (including phenoxy) is 1. The summed E-state index contributed by atoms with van der Waals surface area (Å²) in [5, 5.41) is 0.